The molecule has 0 radical (unpaired) electrons. The molecule has 2 fully saturated rings. The highest BCUT2D eigenvalue weighted by Crippen LogP contribution is 2.39. The van der Waals surface area contributed by atoms with Gasteiger partial charge in [0.15, 0.2) is 0 Å². The summed E-state index contributed by atoms with van der Waals surface area (Å²) in [6, 6.07) is 0. The van der Waals surface area contributed by atoms with Crippen LogP contribution < -0.4 is 10.9 Å². The van der Waals surface area contributed by atoms with Crippen LogP contribution in [-0.2, 0) is 9.59 Å². The van der Waals surface area contributed by atoms with Crippen LogP contribution in [0.15, 0.2) is 0 Å². The average Bonchev–Trinajstić information content (AvgIpc) is 3.35. The molecule has 6 nitrogen and oxygen atoms in total. The Kier molecular flexibility index (Phi) is 5.57. The van der Waals surface area contributed by atoms with E-state index < -0.39 is 0 Å². The third-order valence-electron chi connectivity index (χ3n) is 4.42. The van der Waals surface area contributed by atoms with Crippen LogP contribution >= 0.6 is 24.4 Å². The van der Waals surface area contributed by atoms with Crippen molar-refractivity contribution < 1.29 is 9.59 Å². The van der Waals surface area contributed by atoms with Gasteiger partial charge in [-0.15, -0.1) is 0 Å². The maximum Gasteiger partial charge on any atom is 0.244 e. The van der Waals surface area contributed by atoms with Gasteiger partial charge in [-0.25, -0.2) is 0 Å². The summed E-state index contributed by atoms with van der Waals surface area (Å²) < 4.78 is 0. The van der Waals surface area contributed by atoms with E-state index in [0.717, 1.165) is 12.8 Å². The Hall–Kier alpha value is -1.28. The van der Waals surface area contributed by atoms with Crippen LogP contribution in [0.1, 0.15) is 33.1 Å². The maximum absolute atomic E-state index is 12.0. The van der Waals surface area contributed by atoms with E-state index in [9.17, 15) is 9.59 Å². The molecule has 23 heavy (non-hydrogen) atoms. The number of thiocarbonyl (C=S) groups is 2. The number of hydrogen-bond donors (Lipinski definition) is 2. The van der Waals surface area contributed by atoms with Gasteiger partial charge in [0.2, 0.25) is 11.8 Å². The van der Waals surface area contributed by atoms with Crippen molar-refractivity contribution in [3.63, 3.8) is 0 Å². The number of rotatable bonds is 4. The highest BCUT2D eigenvalue weighted by atomic mass is 32.1. The number of hydrazine groups is 2. The lowest BCUT2D eigenvalue weighted by atomic mass is 10.3. The average molecular weight is 357 g/mol. The second-order valence-corrected chi connectivity index (χ2v) is 7.67. The summed E-state index contributed by atoms with van der Waals surface area (Å²) in [5.41, 5.74) is 5.76. The summed E-state index contributed by atoms with van der Waals surface area (Å²) in [5, 5.41) is 2.86. The van der Waals surface area contributed by atoms with Crippen LogP contribution in [0, 0.1) is 23.7 Å². The van der Waals surface area contributed by atoms with Crippen molar-refractivity contribution in [2.45, 2.75) is 33.1 Å². The molecule has 2 amide bonds. The molecule has 0 aliphatic heterocycles. The van der Waals surface area contributed by atoms with Gasteiger partial charge in [-0.05, 0) is 24.7 Å². The number of nitrogens with zero attached hydrogens (tertiary/aromatic N) is 2. The number of hydrogen-bond acceptors (Lipinski definition) is 4. The normalized spacial score (nSPS) is 27.7. The molecular weight excluding hydrogens is 332 g/mol. The Morgan fingerprint density at radius 2 is 1.22 bits per heavy atom. The van der Waals surface area contributed by atoms with E-state index in [4.69, 9.17) is 24.4 Å². The lowest BCUT2D eigenvalue weighted by molar-refractivity contribution is -0.133. The summed E-state index contributed by atoms with van der Waals surface area (Å²) >= 11 is 10.5. The molecule has 2 aliphatic carbocycles. The van der Waals surface area contributed by atoms with E-state index in [-0.39, 0.29) is 23.7 Å². The number of carbonyl (C=O) groups is 2. The van der Waals surface area contributed by atoms with Crippen LogP contribution in [-0.4, -0.2) is 45.9 Å². The van der Waals surface area contributed by atoms with Crippen molar-refractivity contribution in [2.75, 3.05) is 14.1 Å². The molecule has 2 saturated carbocycles. The Morgan fingerprint density at radius 3 is 1.48 bits per heavy atom. The maximum atomic E-state index is 12.0. The second kappa shape index (κ2) is 7.09. The minimum atomic E-state index is 0.0498. The van der Waals surface area contributed by atoms with Gasteiger partial charge in [0, 0.05) is 25.9 Å². The second-order valence-electron chi connectivity index (χ2n) is 6.68. The molecule has 0 aromatic heterocycles. The highest BCUT2D eigenvalue weighted by Gasteiger charge is 2.41. The van der Waals surface area contributed by atoms with Crippen molar-refractivity contribution in [1.29, 1.82) is 0 Å². The Bertz CT molecular complexity index is 494. The van der Waals surface area contributed by atoms with Gasteiger partial charge in [-0.2, -0.15) is 0 Å². The van der Waals surface area contributed by atoms with E-state index >= 15 is 0 Å². The Labute approximate surface area is 147 Å². The monoisotopic (exact) mass is 356 g/mol. The first-order valence-electron chi connectivity index (χ1n) is 7.84. The fourth-order valence-electron chi connectivity index (χ4n) is 2.54. The van der Waals surface area contributed by atoms with Crippen molar-refractivity contribution in [2.24, 2.45) is 23.7 Å². The molecule has 0 saturated heterocycles. The lowest BCUT2D eigenvalue weighted by Gasteiger charge is -2.23. The van der Waals surface area contributed by atoms with Crippen molar-refractivity contribution >= 4 is 46.2 Å². The molecule has 0 spiro atoms. The molecule has 8 heteroatoms. The van der Waals surface area contributed by atoms with Crippen LogP contribution in [0.25, 0.3) is 0 Å². The van der Waals surface area contributed by atoms with Gasteiger partial charge in [0.1, 0.15) is 9.98 Å². The molecule has 128 valence electrons. The molecule has 2 aliphatic rings. The topological polar surface area (TPSA) is 64.7 Å². The summed E-state index contributed by atoms with van der Waals surface area (Å²) in [7, 11) is 3.33. The summed E-state index contributed by atoms with van der Waals surface area (Å²) in [5.74, 6) is 1.21. The molecular formula is C15H24N4O2S2. The third kappa shape index (κ3) is 4.84. The van der Waals surface area contributed by atoms with E-state index in [1.807, 2.05) is 0 Å². The third-order valence-corrected chi connectivity index (χ3v) is 4.89. The molecule has 4 unspecified atom stereocenters. The predicted octanol–water partition coefficient (Wildman–Crippen LogP) is 1.27. The van der Waals surface area contributed by atoms with Crippen molar-refractivity contribution in [1.82, 2.24) is 20.9 Å². The van der Waals surface area contributed by atoms with E-state index in [1.54, 1.807) is 14.1 Å². The fraction of sp³-hybridized carbons (Fsp3) is 0.733. The largest absolute Gasteiger partial charge is 0.289 e. The zero-order valence-electron chi connectivity index (χ0n) is 14.0. The zero-order chi connectivity index (χ0) is 17.3. The van der Waals surface area contributed by atoms with Crippen LogP contribution in [0.2, 0.25) is 0 Å². The molecule has 4 atom stereocenters. The van der Waals surface area contributed by atoms with E-state index in [2.05, 4.69) is 24.7 Å². The molecule has 2 rings (SSSR count). The van der Waals surface area contributed by atoms with E-state index in [1.165, 1.54) is 10.0 Å². The van der Waals surface area contributed by atoms with Gasteiger partial charge < -0.3 is 0 Å². The van der Waals surface area contributed by atoms with Crippen LogP contribution in [0.4, 0.5) is 0 Å². The first-order chi connectivity index (χ1) is 10.7. The van der Waals surface area contributed by atoms with Crippen LogP contribution in [0.3, 0.4) is 0 Å². The first-order valence-corrected chi connectivity index (χ1v) is 8.66. The van der Waals surface area contributed by atoms with Crippen LogP contribution in [0.5, 0.6) is 0 Å². The summed E-state index contributed by atoms with van der Waals surface area (Å²) in [4.78, 5) is 24.9. The van der Waals surface area contributed by atoms with Gasteiger partial charge >= 0.3 is 0 Å². The zero-order valence-corrected chi connectivity index (χ0v) is 15.6. The number of amides is 2. The minimum absolute atomic E-state index is 0.0498. The van der Waals surface area contributed by atoms with Crippen molar-refractivity contribution in [3.8, 4) is 0 Å². The minimum Gasteiger partial charge on any atom is -0.289 e. The highest BCUT2D eigenvalue weighted by molar-refractivity contribution is 7.82. The van der Waals surface area contributed by atoms with E-state index in [0.29, 0.717) is 28.2 Å². The van der Waals surface area contributed by atoms with Crippen molar-refractivity contribution in [3.05, 3.63) is 0 Å². The van der Waals surface area contributed by atoms with Gasteiger partial charge in [0.05, 0.1) is 6.42 Å². The quantitative estimate of drug-likeness (QED) is 0.584. The molecule has 0 heterocycles. The smallest absolute Gasteiger partial charge is 0.244 e. The van der Waals surface area contributed by atoms with Gasteiger partial charge in [-0.1, -0.05) is 38.3 Å². The fourth-order valence-corrected chi connectivity index (χ4v) is 3.19. The standard InChI is InChI=1S/C15H24N4O2S2/c1-8-5-10(8)14(20)18(3)16-12(22)7-13(23)17-19(4)15(21)11-6-9(11)2/h8-11H,5-7H2,1-4H3,(H,16,22)(H,17,23). The molecule has 0 aromatic rings. The molecule has 2 N–H and O–H groups in total. The van der Waals surface area contributed by atoms with Gasteiger partial charge in [-0.3, -0.25) is 30.5 Å². The number of carbonyl (C=O) groups excluding carboxylic acids is 2. The summed E-state index contributed by atoms with van der Waals surface area (Å²) in [6.07, 6.45) is 2.16. The Balaban J connectivity index is 1.70. The van der Waals surface area contributed by atoms with Gasteiger partial charge in [0.25, 0.3) is 0 Å². The SMILES string of the molecule is CC1CC1C(=O)N(C)NC(=S)CC(=S)NN(C)C(=O)C1CC1C. The molecule has 0 bridgehead atoms. The number of nitrogens with one attached hydrogen (secondary N) is 2. The molecule has 0 aromatic carbocycles. The Morgan fingerprint density at radius 1 is 0.913 bits per heavy atom. The predicted molar refractivity (Wildman–Crippen MR) is 96.2 cm³/mol. The lowest BCUT2D eigenvalue weighted by Crippen LogP contribution is -2.47. The summed E-state index contributed by atoms with van der Waals surface area (Å²) in [6.45, 7) is 4.11. The first kappa shape index (κ1) is 18.1.